The Morgan fingerprint density at radius 3 is 2.26 bits per heavy atom. The Hall–Kier alpha value is -3.47. The maximum Gasteiger partial charge on any atom is 0.407 e. The number of halogens is 3. The van der Waals surface area contributed by atoms with Gasteiger partial charge in [0.25, 0.3) is 5.91 Å². The fourth-order valence-corrected chi connectivity index (χ4v) is 4.27. The average molecular weight is 536 g/mol. The number of hydrogen-bond donors (Lipinski definition) is 1. The molecule has 1 N–H and O–H groups in total. The first-order valence-electron chi connectivity index (χ1n) is 12.1. The van der Waals surface area contributed by atoms with Crippen LogP contribution < -0.4 is 5.32 Å². The zero-order chi connectivity index (χ0) is 28.3. The topological polar surface area (TPSA) is 97.8 Å². The van der Waals surface area contributed by atoms with E-state index in [-0.39, 0.29) is 24.4 Å². The smallest absolute Gasteiger partial charge is 0.407 e. The van der Waals surface area contributed by atoms with Crippen LogP contribution in [0, 0.1) is 0 Å². The lowest BCUT2D eigenvalue weighted by atomic mass is 9.99. The van der Waals surface area contributed by atoms with Gasteiger partial charge >= 0.3 is 12.5 Å². The van der Waals surface area contributed by atoms with Crippen LogP contribution in [0.4, 0.5) is 18.0 Å². The van der Waals surface area contributed by atoms with Crippen LogP contribution in [0.25, 0.3) is 11.1 Å². The van der Waals surface area contributed by atoms with Gasteiger partial charge in [0.15, 0.2) is 5.78 Å². The summed E-state index contributed by atoms with van der Waals surface area (Å²) in [4.78, 5) is 41.1. The zero-order valence-corrected chi connectivity index (χ0v) is 22.0. The molecule has 1 saturated heterocycles. The highest BCUT2D eigenvalue weighted by molar-refractivity contribution is 5.94. The van der Waals surface area contributed by atoms with E-state index in [0.717, 1.165) is 10.5 Å². The number of rotatable bonds is 8. The molecule has 1 aliphatic heterocycles. The van der Waals surface area contributed by atoms with Crippen LogP contribution in [0.3, 0.4) is 0 Å². The second-order valence-electron chi connectivity index (χ2n) is 10.4. The summed E-state index contributed by atoms with van der Waals surface area (Å²) >= 11 is 0. The average Bonchev–Trinajstić information content (AvgIpc) is 3.12. The number of pyridine rings is 1. The molecule has 1 aromatic heterocycles. The first kappa shape index (κ1) is 29.1. The molecule has 2 heterocycles. The fraction of sp³-hybridized carbons (Fsp3) is 0.481. The number of benzene rings is 1. The molecule has 11 heteroatoms. The highest BCUT2D eigenvalue weighted by atomic mass is 19.3. The Morgan fingerprint density at radius 2 is 1.74 bits per heavy atom. The van der Waals surface area contributed by atoms with Crippen LogP contribution in [0.5, 0.6) is 0 Å². The Bertz CT molecular complexity index is 1150. The molecule has 0 unspecified atom stereocenters. The third-order valence-electron chi connectivity index (χ3n) is 5.90. The summed E-state index contributed by atoms with van der Waals surface area (Å²) in [6, 6.07) is 8.94. The molecule has 0 bridgehead atoms. The lowest BCUT2D eigenvalue weighted by molar-refractivity contribution is -0.159. The van der Waals surface area contributed by atoms with Crippen LogP contribution in [0.1, 0.15) is 63.2 Å². The highest BCUT2D eigenvalue weighted by Gasteiger charge is 2.52. The fourth-order valence-electron chi connectivity index (χ4n) is 4.27. The van der Waals surface area contributed by atoms with Crippen LogP contribution in [0.15, 0.2) is 42.6 Å². The molecule has 8 nitrogen and oxygen atoms in total. The van der Waals surface area contributed by atoms with Crippen molar-refractivity contribution in [2.45, 2.75) is 70.9 Å². The molecule has 2 atom stereocenters. The molecule has 3 rings (SSSR count). The maximum atomic E-state index is 13.9. The minimum atomic E-state index is -3.27. The van der Waals surface area contributed by atoms with Gasteiger partial charge in [0.05, 0.1) is 6.04 Å². The van der Waals surface area contributed by atoms with Crippen LogP contribution in [-0.2, 0) is 14.3 Å². The number of hydrogen-bond acceptors (Lipinski definition) is 6. The van der Waals surface area contributed by atoms with Gasteiger partial charge in [-0.15, -0.1) is 0 Å². The molecule has 0 spiro atoms. The molecule has 206 valence electrons. The van der Waals surface area contributed by atoms with Crippen LogP contribution in [-0.4, -0.2) is 64.7 Å². The molecule has 38 heavy (non-hydrogen) atoms. The predicted molar refractivity (Wildman–Crippen MR) is 133 cm³/mol. The molecule has 1 aliphatic rings. The van der Waals surface area contributed by atoms with Crippen molar-refractivity contribution < 1.29 is 37.0 Å². The number of Topliss-reactive ketones (excluding diaryl/α,β-unsaturated/α-hetero) is 1. The van der Waals surface area contributed by atoms with Gasteiger partial charge in [0.1, 0.15) is 29.8 Å². The lowest BCUT2D eigenvalue weighted by Crippen LogP contribution is -2.51. The number of ether oxygens (including phenoxy) is 2. The summed E-state index contributed by atoms with van der Waals surface area (Å²) in [7, 11) is 0. The Kier molecular flexibility index (Phi) is 8.81. The normalized spacial score (nSPS) is 18.9. The van der Waals surface area contributed by atoms with Crippen molar-refractivity contribution in [1.29, 1.82) is 0 Å². The van der Waals surface area contributed by atoms with E-state index in [0.29, 0.717) is 11.1 Å². The van der Waals surface area contributed by atoms with Gasteiger partial charge in [-0.2, -0.15) is 8.78 Å². The van der Waals surface area contributed by atoms with E-state index in [4.69, 9.17) is 9.47 Å². The molecular formula is C27H32F3N3O5. The van der Waals surface area contributed by atoms with Crippen molar-refractivity contribution in [3.05, 3.63) is 53.9 Å². The molecule has 0 saturated carbocycles. The summed E-state index contributed by atoms with van der Waals surface area (Å²) in [6.07, 6.45) is -3.20. The van der Waals surface area contributed by atoms with E-state index in [9.17, 15) is 27.6 Å². The van der Waals surface area contributed by atoms with Gasteiger partial charge in [-0.25, -0.2) is 9.18 Å². The number of nitrogens with one attached hydrogen (secondary N) is 1. The van der Waals surface area contributed by atoms with E-state index < -0.39 is 48.6 Å². The number of alkyl halides is 3. The molecule has 1 aromatic carbocycles. The van der Waals surface area contributed by atoms with Crippen molar-refractivity contribution in [3.8, 4) is 11.1 Å². The van der Waals surface area contributed by atoms with E-state index in [2.05, 4.69) is 10.3 Å². The SMILES string of the molecule is CC(C)(C)OC(=O)NCCC(=O)c1ccc(-c2ccc([C@H]3OC(C)(C)N(C(=O)C(F)F)[C@@H]3CF)cc2)cn1. The number of aromatic nitrogens is 1. The third kappa shape index (κ3) is 6.89. The molecule has 0 radical (unpaired) electrons. The number of carbonyl (C=O) groups is 3. The minimum absolute atomic E-state index is 0.0544. The molecule has 2 aromatic rings. The zero-order valence-electron chi connectivity index (χ0n) is 22.0. The lowest BCUT2D eigenvalue weighted by Gasteiger charge is -2.32. The van der Waals surface area contributed by atoms with E-state index in [1.165, 1.54) is 20.0 Å². The molecular weight excluding hydrogens is 503 g/mol. The monoisotopic (exact) mass is 535 g/mol. The van der Waals surface area contributed by atoms with Crippen molar-refractivity contribution in [2.75, 3.05) is 13.2 Å². The minimum Gasteiger partial charge on any atom is -0.444 e. The largest absolute Gasteiger partial charge is 0.444 e. The van der Waals surface area contributed by atoms with Gasteiger partial charge in [0.2, 0.25) is 0 Å². The molecule has 0 aliphatic carbocycles. The quantitative estimate of drug-likeness (QED) is 0.473. The van der Waals surface area contributed by atoms with E-state index in [1.807, 2.05) is 0 Å². The molecule has 1 fully saturated rings. The summed E-state index contributed by atoms with van der Waals surface area (Å²) in [5.74, 6) is -1.72. The van der Waals surface area contributed by atoms with Crippen LogP contribution in [0.2, 0.25) is 0 Å². The van der Waals surface area contributed by atoms with Gasteiger partial charge in [-0.05, 0) is 51.8 Å². The van der Waals surface area contributed by atoms with Crippen molar-refractivity contribution in [3.63, 3.8) is 0 Å². The van der Waals surface area contributed by atoms with Crippen molar-refractivity contribution in [1.82, 2.24) is 15.2 Å². The first-order chi connectivity index (χ1) is 17.7. The summed E-state index contributed by atoms with van der Waals surface area (Å²) in [5, 5.41) is 2.53. The number of amides is 2. The summed E-state index contributed by atoms with van der Waals surface area (Å²) in [5.41, 5.74) is 0.208. The maximum absolute atomic E-state index is 13.9. The van der Waals surface area contributed by atoms with Gasteiger partial charge < -0.3 is 19.7 Å². The summed E-state index contributed by atoms with van der Waals surface area (Å²) in [6.45, 7) is 7.20. The number of alkyl carbamates (subject to hydrolysis) is 1. The van der Waals surface area contributed by atoms with Gasteiger partial charge in [-0.3, -0.25) is 14.6 Å². The number of nitrogens with zero attached hydrogens (tertiary/aromatic N) is 2. The van der Waals surface area contributed by atoms with Gasteiger partial charge in [0, 0.05) is 24.7 Å². The second kappa shape index (κ2) is 11.5. The Labute approximate surface area is 219 Å². The van der Waals surface area contributed by atoms with E-state index in [1.54, 1.807) is 57.2 Å². The Balaban J connectivity index is 1.65. The standard InChI is InChI=1S/C27H32F3N3O5/c1-26(2,3)38-25(36)31-13-12-21(34)19-11-10-18(15-32-19)16-6-8-17(9-7-16)22-20(14-28)33(24(35)23(29)30)27(4,5)37-22/h6-11,15,20,22-23H,12-14H2,1-5H3,(H,31,36)/t20-,22-/m1/s1. The predicted octanol–water partition coefficient (Wildman–Crippen LogP) is 5.09. The summed E-state index contributed by atoms with van der Waals surface area (Å²) < 4.78 is 51.1. The van der Waals surface area contributed by atoms with Crippen LogP contribution >= 0.6 is 0 Å². The number of carbonyl (C=O) groups excluding carboxylic acids is 3. The van der Waals surface area contributed by atoms with E-state index >= 15 is 0 Å². The Morgan fingerprint density at radius 1 is 1.11 bits per heavy atom. The molecule has 2 amide bonds. The highest BCUT2D eigenvalue weighted by Crippen LogP contribution is 2.42. The number of ketones is 1. The van der Waals surface area contributed by atoms with Crippen molar-refractivity contribution in [2.24, 2.45) is 0 Å². The second-order valence-corrected chi connectivity index (χ2v) is 10.4. The third-order valence-corrected chi connectivity index (χ3v) is 5.90. The van der Waals surface area contributed by atoms with Crippen molar-refractivity contribution >= 4 is 17.8 Å². The first-order valence-corrected chi connectivity index (χ1v) is 12.1. The van der Waals surface area contributed by atoms with Gasteiger partial charge in [-0.1, -0.05) is 30.3 Å².